The second kappa shape index (κ2) is 9.18. The number of halogens is 1. The van der Waals surface area contributed by atoms with Gasteiger partial charge in [-0.2, -0.15) is 0 Å². The van der Waals surface area contributed by atoms with Crippen molar-refractivity contribution in [3.05, 3.63) is 34.3 Å². The van der Waals surface area contributed by atoms with Crippen molar-refractivity contribution in [2.24, 2.45) is 0 Å². The predicted octanol–water partition coefficient (Wildman–Crippen LogP) is 3.82. The third-order valence-corrected chi connectivity index (χ3v) is 4.82. The minimum Gasteiger partial charge on any atom is -0.481 e. The van der Waals surface area contributed by atoms with Crippen LogP contribution >= 0.6 is 15.9 Å². The number of aliphatic carboxylic acids is 1. The van der Waals surface area contributed by atoms with E-state index in [9.17, 15) is 9.59 Å². The van der Waals surface area contributed by atoms with E-state index in [-0.39, 0.29) is 18.4 Å². The van der Waals surface area contributed by atoms with E-state index < -0.39 is 18.1 Å². The third kappa shape index (κ3) is 5.60. The molecule has 1 aromatic rings. The molecule has 0 radical (unpaired) electrons. The van der Waals surface area contributed by atoms with Gasteiger partial charge < -0.3 is 15.2 Å². The van der Waals surface area contributed by atoms with E-state index in [4.69, 9.17) is 9.84 Å². The van der Waals surface area contributed by atoms with Gasteiger partial charge in [-0.1, -0.05) is 47.8 Å². The monoisotopic (exact) mass is 397 g/mol. The maximum Gasteiger partial charge on any atom is 0.305 e. The number of rotatable bonds is 8. The molecule has 1 amide bonds. The molecule has 24 heavy (non-hydrogen) atoms. The van der Waals surface area contributed by atoms with Gasteiger partial charge in [0.25, 0.3) is 0 Å². The van der Waals surface area contributed by atoms with Gasteiger partial charge in [-0.15, -0.1) is 0 Å². The van der Waals surface area contributed by atoms with Gasteiger partial charge in [0.1, 0.15) is 6.10 Å². The minimum absolute atomic E-state index is 0.145. The Morgan fingerprint density at radius 3 is 2.46 bits per heavy atom. The summed E-state index contributed by atoms with van der Waals surface area (Å²) in [5, 5.41) is 12.0. The quantitative estimate of drug-likeness (QED) is 0.698. The Morgan fingerprint density at radius 1 is 1.29 bits per heavy atom. The van der Waals surface area contributed by atoms with Crippen LogP contribution in [0.25, 0.3) is 0 Å². The molecule has 0 aromatic heterocycles. The minimum atomic E-state index is -0.951. The van der Waals surface area contributed by atoms with Crippen LogP contribution in [0.2, 0.25) is 0 Å². The zero-order chi connectivity index (χ0) is 17.5. The molecule has 1 fully saturated rings. The number of hydrogen-bond donors (Lipinski definition) is 2. The molecule has 0 spiro atoms. The van der Waals surface area contributed by atoms with Crippen LogP contribution < -0.4 is 5.32 Å². The number of ether oxygens (including phenoxy) is 1. The highest BCUT2D eigenvalue weighted by atomic mass is 79.9. The molecule has 6 heteroatoms. The molecule has 5 nitrogen and oxygen atoms in total. The standard InChI is InChI=1S/C18H24BrNO4/c1-2-16(24-14-5-3-4-6-14)18(23)20-15(11-17(21)22)12-7-9-13(19)10-8-12/h7-10,14-16H,2-6,11H2,1H3,(H,20,23)(H,21,22). The first kappa shape index (κ1) is 18.9. The SMILES string of the molecule is CCC(OC1CCCC1)C(=O)NC(CC(=O)O)c1ccc(Br)cc1. The molecule has 0 aliphatic heterocycles. The first-order chi connectivity index (χ1) is 11.5. The average Bonchev–Trinajstić information content (AvgIpc) is 3.05. The van der Waals surface area contributed by atoms with Crippen LogP contribution in [0.3, 0.4) is 0 Å². The van der Waals surface area contributed by atoms with Crippen LogP contribution in [0.4, 0.5) is 0 Å². The predicted molar refractivity (Wildman–Crippen MR) is 94.7 cm³/mol. The van der Waals surface area contributed by atoms with E-state index in [2.05, 4.69) is 21.2 Å². The zero-order valence-electron chi connectivity index (χ0n) is 13.8. The lowest BCUT2D eigenvalue weighted by molar-refractivity contribution is -0.140. The summed E-state index contributed by atoms with van der Waals surface area (Å²) >= 11 is 3.36. The number of amides is 1. The van der Waals surface area contributed by atoms with Crippen LogP contribution in [-0.2, 0) is 14.3 Å². The number of nitrogens with one attached hydrogen (secondary N) is 1. The molecule has 0 saturated heterocycles. The Kier molecular flexibility index (Phi) is 7.24. The fourth-order valence-electron chi connectivity index (χ4n) is 2.99. The Hall–Kier alpha value is -1.40. The molecule has 1 saturated carbocycles. The molecule has 132 valence electrons. The number of hydrogen-bond acceptors (Lipinski definition) is 3. The molecule has 2 unspecified atom stereocenters. The number of carboxylic acid groups (broad SMARTS) is 1. The van der Waals surface area contributed by atoms with Crippen LogP contribution in [0.1, 0.15) is 57.1 Å². The number of carbonyl (C=O) groups excluding carboxylic acids is 1. The van der Waals surface area contributed by atoms with Gasteiger partial charge in [-0.05, 0) is 37.0 Å². The van der Waals surface area contributed by atoms with Gasteiger partial charge in [0.2, 0.25) is 5.91 Å². The topological polar surface area (TPSA) is 75.6 Å². The Balaban J connectivity index is 2.04. The highest BCUT2D eigenvalue weighted by Crippen LogP contribution is 2.24. The van der Waals surface area contributed by atoms with Crippen molar-refractivity contribution in [3.63, 3.8) is 0 Å². The molecule has 2 N–H and O–H groups in total. The normalized spacial score (nSPS) is 17.4. The van der Waals surface area contributed by atoms with E-state index in [1.807, 2.05) is 31.2 Å². The van der Waals surface area contributed by atoms with Gasteiger partial charge >= 0.3 is 5.97 Å². The number of carboxylic acids is 1. The Labute approximate surface area is 150 Å². The highest BCUT2D eigenvalue weighted by molar-refractivity contribution is 9.10. The molecule has 0 bridgehead atoms. The summed E-state index contributed by atoms with van der Waals surface area (Å²) in [6.45, 7) is 1.91. The fourth-order valence-corrected chi connectivity index (χ4v) is 3.25. The smallest absolute Gasteiger partial charge is 0.305 e. The van der Waals surface area contributed by atoms with Crippen LogP contribution in [0.15, 0.2) is 28.7 Å². The van der Waals surface area contributed by atoms with Crippen molar-refractivity contribution in [1.82, 2.24) is 5.32 Å². The summed E-state index contributed by atoms with van der Waals surface area (Å²) in [7, 11) is 0. The van der Waals surface area contributed by atoms with Crippen molar-refractivity contribution in [2.45, 2.75) is 63.7 Å². The second-order valence-corrected chi connectivity index (χ2v) is 7.07. The molecular weight excluding hydrogens is 374 g/mol. The number of benzene rings is 1. The first-order valence-electron chi connectivity index (χ1n) is 8.42. The summed E-state index contributed by atoms with van der Waals surface area (Å²) in [6.07, 6.45) is 4.30. The van der Waals surface area contributed by atoms with E-state index in [1.165, 1.54) is 0 Å². The third-order valence-electron chi connectivity index (χ3n) is 4.29. The highest BCUT2D eigenvalue weighted by Gasteiger charge is 2.27. The molecule has 2 atom stereocenters. The average molecular weight is 398 g/mol. The van der Waals surface area contributed by atoms with E-state index in [0.717, 1.165) is 35.7 Å². The summed E-state index contributed by atoms with van der Waals surface area (Å²) in [5.41, 5.74) is 0.768. The van der Waals surface area contributed by atoms with E-state index in [1.54, 1.807) is 0 Å². The maximum atomic E-state index is 12.6. The lowest BCUT2D eigenvalue weighted by atomic mass is 10.0. The zero-order valence-corrected chi connectivity index (χ0v) is 15.4. The Morgan fingerprint density at radius 2 is 1.92 bits per heavy atom. The van der Waals surface area contributed by atoms with Crippen molar-refractivity contribution in [3.8, 4) is 0 Å². The van der Waals surface area contributed by atoms with Gasteiger partial charge in [-0.3, -0.25) is 9.59 Å². The van der Waals surface area contributed by atoms with Crippen molar-refractivity contribution >= 4 is 27.8 Å². The maximum absolute atomic E-state index is 12.6. The largest absolute Gasteiger partial charge is 0.481 e. The number of carbonyl (C=O) groups is 2. The van der Waals surface area contributed by atoms with Gasteiger partial charge in [0.15, 0.2) is 0 Å². The van der Waals surface area contributed by atoms with Gasteiger partial charge in [0, 0.05) is 4.47 Å². The van der Waals surface area contributed by atoms with Crippen LogP contribution in [0.5, 0.6) is 0 Å². The second-order valence-electron chi connectivity index (χ2n) is 6.15. The lowest BCUT2D eigenvalue weighted by Gasteiger charge is -2.24. The lowest BCUT2D eigenvalue weighted by Crippen LogP contribution is -2.40. The van der Waals surface area contributed by atoms with Crippen molar-refractivity contribution < 1.29 is 19.4 Å². The summed E-state index contributed by atoms with van der Waals surface area (Å²) < 4.78 is 6.82. The molecule has 2 rings (SSSR count). The molecule has 1 aliphatic carbocycles. The molecular formula is C18H24BrNO4. The van der Waals surface area contributed by atoms with E-state index >= 15 is 0 Å². The summed E-state index contributed by atoms with van der Waals surface area (Å²) in [4.78, 5) is 23.7. The molecule has 1 aliphatic rings. The Bertz CT molecular complexity index is 555. The van der Waals surface area contributed by atoms with Crippen molar-refractivity contribution in [1.29, 1.82) is 0 Å². The van der Waals surface area contributed by atoms with Crippen LogP contribution in [0, 0.1) is 0 Å². The van der Waals surface area contributed by atoms with Crippen molar-refractivity contribution in [2.75, 3.05) is 0 Å². The summed E-state index contributed by atoms with van der Waals surface area (Å²) in [5.74, 6) is -1.19. The van der Waals surface area contributed by atoms with Gasteiger partial charge in [-0.25, -0.2) is 0 Å². The first-order valence-corrected chi connectivity index (χ1v) is 9.22. The fraction of sp³-hybridized carbons (Fsp3) is 0.556. The van der Waals surface area contributed by atoms with Gasteiger partial charge in [0.05, 0.1) is 18.6 Å². The summed E-state index contributed by atoms with van der Waals surface area (Å²) in [6, 6.07) is 6.74. The van der Waals surface area contributed by atoms with E-state index in [0.29, 0.717) is 6.42 Å². The van der Waals surface area contributed by atoms with Crippen LogP contribution in [-0.4, -0.2) is 29.2 Å². The molecule has 1 aromatic carbocycles. The molecule has 0 heterocycles.